The fourth-order valence-electron chi connectivity index (χ4n) is 2.53. The van der Waals surface area contributed by atoms with E-state index in [9.17, 15) is 4.79 Å². The Balaban J connectivity index is 2.26. The van der Waals surface area contributed by atoms with Crippen LogP contribution in [-0.4, -0.2) is 12.1 Å². The van der Waals surface area contributed by atoms with Crippen LogP contribution in [0.2, 0.25) is 0 Å². The van der Waals surface area contributed by atoms with Crippen LogP contribution in [0.3, 0.4) is 0 Å². The third-order valence-electron chi connectivity index (χ3n) is 3.63. The van der Waals surface area contributed by atoms with Gasteiger partial charge in [0, 0.05) is 5.57 Å². The third kappa shape index (κ3) is 3.83. The van der Waals surface area contributed by atoms with E-state index >= 15 is 0 Å². The summed E-state index contributed by atoms with van der Waals surface area (Å²) in [5.74, 6) is -0.294. The van der Waals surface area contributed by atoms with Gasteiger partial charge in [0.15, 0.2) is 0 Å². The zero-order valence-electron chi connectivity index (χ0n) is 12.1. The van der Waals surface area contributed by atoms with Gasteiger partial charge in [-0.2, -0.15) is 0 Å². The lowest BCUT2D eigenvalue weighted by Gasteiger charge is -2.25. The molecule has 106 valence electrons. The zero-order chi connectivity index (χ0) is 14.4. The molecule has 0 saturated heterocycles. The average Bonchev–Trinajstić information content (AvgIpc) is 2.37. The smallest absolute Gasteiger partial charge is 0.333 e. The van der Waals surface area contributed by atoms with Crippen molar-refractivity contribution in [3.8, 4) is 0 Å². The van der Waals surface area contributed by atoms with Crippen LogP contribution in [0, 0.1) is 0 Å². The maximum atomic E-state index is 11.8. The van der Waals surface area contributed by atoms with Crippen molar-refractivity contribution in [3.63, 3.8) is 0 Å². The topological polar surface area (TPSA) is 26.3 Å². The van der Waals surface area contributed by atoms with Gasteiger partial charge in [0.1, 0.15) is 6.10 Å². The lowest BCUT2D eigenvalue weighted by atomic mass is 9.88. The Bertz CT molecular complexity index is 504. The van der Waals surface area contributed by atoms with Crippen molar-refractivity contribution in [2.24, 2.45) is 0 Å². The van der Waals surface area contributed by atoms with Crippen molar-refractivity contribution in [2.75, 3.05) is 0 Å². The monoisotopic (exact) mass is 270 g/mol. The van der Waals surface area contributed by atoms with Crippen molar-refractivity contribution >= 4 is 5.97 Å². The highest BCUT2D eigenvalue weighted by Gasteiger charge is 2.23. The molecule has 2 aliphatic rings. The Morgan fingerprint density at radius 1 is 1.15 bits per heavy atom. The number of carbonyl (C=O) groups excluding carboxylic acids is 1. The second kappa shape index (κ2) is 7.09. The minimum absolute atomic E-state index is 0.151. The highest BCUT2D eigenvalue weighted by atomic mass is 16.5. The molecule has 0 spiro atoms. The molecule has 0 aromatic heterocycles. The van der Waals surface area contributed by atoms with Crippen molar-refractivity contribution in [1.82, 2.24) is 0 Å². The Kier molecular flexibility index (Phi) is 5.16. The first-order chi connectivity index (χ1) is 9.68. The number of hydrogen-bond acceptors (Lipinski definition) is 2. The Hall–Kier alpha value is -1.83. The Morgan fingerprint density at radius 3 is 2.65 bits per heavy atom. The second-order valence-electron chi connectivity index (χ2n) is 5.36. The highest BCUT2D eigenvalue weighted by molar-refractivity contribution is 5.87. The maximum Gasteiger partial charge on any atom is 0.333 e. The lowest BCUT2D eigenvalue weighted by molar-refractivity contribution is -0.142. The van der Waals surface area contributed by atoms with Crippen LogP contribution in [0.5, 0.6) is 0 Å². The van der Waals surface area contributed by atoms with Crippen LogP contribution < -0.4 is 0 Å². The molecule has 20 heavy (non-hydrogen) atoms. The van der Waals surface area contributed by atoms with E-state index in [0.717, 1.165) is 24.8 Å². The van der Waals surface area contributed by atoms with E-state index in [0.29, 0.717) is 5.57 Å². The molecule has 2 nitrogen and oxygen atoms in total. The zero-order valence-corrected chi connectivity index (χ0v) is 12.1. The summed E-state index contributed by atoms with van der Waals surface area (Å²) < 4.78 is 5.65. The first-order valence-electron chi connectivity index (χ1n) is 7.29. The molecule has 2 rings (SSSR count). The lowest BCUT2D eigenvalue weighted by Crippen LogP contribution is -2.23. The third-order valence-corrected chi connectivity index (χ3v) is 3.63. The van der Waals surface area contributed by atoms with E-state index in [1.54, 1.807) is 6.92 Å². The molecule has 2 aliphatic carbocycles. The van der Waals surface area contributed by atoms with Crippen molar-refractivity contribution < 1.29 is 9.53 Å². The van der Waals surface area contributed by atoms with Crippen molar-refractivity contribution in [2.45, 2.75) is 45.1 Å². The first-order valence-corrected chi connectivity index (χ1v) is 7.29. The summed E-state index contributed by atoms with van der Waals surface area (Å²) in [5.41, 5.74) is 2.88. The van der Waals surface area contributed by atoms with Gasteiger partial charge in [0.05, 0.1) is 0 Å². The van der Waals surface area contributed by atoms with Gasteiger partial charge in [0.2, 0.25) is 0 Å². The molecule has 0 aromatic rings. The van der Waals surface area contributed by atoms with Gasteiger partial charge in [-0.15, -0.1) is 0 Å². The number of carbonyl (C=O) groups is 1. The van der Waals surface area contributed by atoms with Gasteiger partial charge in [-0.05, 0) is 43.8 Å². The molecular formula is C18H22O2. The van der Waals surface area contributed by atoms with Gasteiger partial charge in [0.25, 0.3) is 0 Å². The molecular weight excluding hydrogens is 248 g/mol. The summed E-state index contributed by atoms with van der Waals surface area (Å²) in [5, 5.41) is 0. The predicted octanol–water partition coefficient (Wildman–Crippen LogP) is 4.42. The number of esters is 1. The summed E-state index contributed by atoms with van der Waals surface area (Å²) >= 11 is 0. The van der Waals surface area contributed by atoms with Gasteiger partial charge >= 0.3 is 5.97 Å². The van der Waals surface area contributed by atoms with Crippen LogP contribution in [0.25, 0.3) is 0 Å². The van der Waals surface area contributed by atoms with E-state index in [-0.39, 0.29) is 12.1 Å². The average molecular weight is 270 g/mol. The fourth-order valence-corrected chi connectivity index (χ4v) is 2.53. The number of allylic oxidation sites excluding steroid dienone is 6. The molecule has 1 fully saturated rings. The van der Waals surface area contributed by atoms with Gasteiger partial charge in [-0.1, -0.05) is 49.5 Å². The summed E-state index contributed by atoms with van der Waals surface area (Å²) in [7, 11) is 0. The van der Waals surface area contributed by atoms with Gasteiger partial charge < -0.3 is 4.74 Å². The van der Waals surface area contributed by atoms with Crippen LogP contribution in [0.4, 0.5) is 0 Å². The molecule has 0 bridgehead atoms. The predicted molar refractivity (Wildman–Crippen MR) is 82.2 cm³/mol. The van der Waals surface area contributed by atoms with Gasteiger partial charge in [-0.25, -0.2) is 4.79 Å². The van der Waals surface area contributed by atoms with E-state index in [2.05, 4.69) is 24.8 Å². The van der Waals surface area contributed by atoms with Crippen molar-refractivity contribution in [3.05, 3.63) is 59.8 Å². The molecule has 0 heterocycles. The second-order valence-corrected chi connectivity index (χ2v) is 5.36. The highest BCUT2D eigenvalue weighted by Crippen LogP contribution is 2.30. The maximum absolute atomic E-state index is 11.8. The SMILES string of the molecule is C=C(C)C(=O)OC1CCCCCC2=C/C=C\C=C/C=C\21. The van der Waals surface area contributed by atoms with Crippen molar-refractivity contribution in [1.29, 1.82) is 0 Å². The number of rotatable bonds is 2. The Labute approximate surface area is 121 Å². The first kappa shape index (κ1) is 14.6. The largest absolute Gasteiger partial charge is 0.454 e. The van der Waals surface area contributed by atoms with Crippen LogP contribution in [0.15, 0.2) is 59.8 Å². The molecule has 0 aromatic carbocycles. The minimum atomic E-state index is -0.294. The molecule has 0 amide bonds. The normalized spacial score (nSPS) is 30.8. The van der Waals surface area contributed by atoms with E-state index in [1.807, 2.05) is 18.2 Å². The molecule has 0 aliphatic heterocycles. The van der Waals surface area contributed by atoms with E-state index in [4.69, 9.17) is 4.74 Å². The number of ether oxygens (including phenoxy) is 1. The quantitative estimate of drug-likeness (QED) is 0.548. The molecule has 1 saturated carbocycles. The standard InChI is InChI=1S/C18H22O2/c1-14(2)18(19)20-17-13-9-5-7-11-15-10-6-3-4-8-12-16(15)17/h3-4,6,8,10,12,17H,1,5,7,9,11,13H2,2H3/b4-3?,6-3-,8-4-,10-6?,12-8?,15-10-,16-12+,16-15?. The van der Waals surface area contributed by atoms with E-state index in [1.165, 1.54) is 18.4 Å². The van der Waals surface area contributed by atoms with E-state index < -0.39 is 0 Å². The van der Waals surface area contributed by atoms with Crippen LogP contribution >= 0.6 is 0 Å². The molecule has 1 unspecified atom stereocenters. The van der Waals surface area contributed by atoms with Crippen LogP contribution in [0.1, 0.15) is 39.0 Å². The Morgan fingerprint density at radius 2 is 1.90 bits per heavy atom. The number of fused-ring (bicyclic) bond motifs is 1. The molecule has 0 N–H and O–H groups in total. The summed E-state index contributed by atoms with van der Waals surface area (Å²) in [6, 6.07) is 0. The summed E-state index contributed by atoms with van der Waals surface area (Å²) in [6.07, 6.45) is 17.6. The fraction of sp³-hybridized carbons (Fsp3) is 0.389. The molecule has 2 heteroatoms. The number of hydrogen-bond donors (Lipinski definition) is 0. The minimum Gasteiger partial charge on any atom is -0.454 e. The summed E-state index contributed by atoms with van der Waals surface area (Å²) in [4.78, 5) is 11.8. The summed E-state index contributed by atoms with van der Waals surface area (Å²) in [6.45, 7) is 5.36. The molecule has 0 radical (unpaired) electrons. The van der Waals surface area contributed by atoms with Gasteiger partial charge in [-0.3, -0.25) is 0 Å². The van der Waals surface area contributed by atoms with Crippen LogP contribution in [-0.2, 0) is 9.53 Å². The molecule has 1 atom stereocenters.